The first-order chi connectivity index (χ1) is 15.7. The molecule has 2 bridgehead atoms. The number of likely N-dealkylation sites (tertiary alicyclic amines) is 1. The van der Waals surface area contributed by atoms with E-state index < -0.39 is 35.6 Å². The SMILES string of the molecule is CC(C)C[C@H](CO)N1C(=O)[C@@H]2[C@@H](C(=O)Nc3ccccc3)[C@H]3CCC2(O3)C1C(=O)NC(C)C. The van der Waals surface area contributed by atoms with Crippen LogP contribution >= 0.6 is 0 Å². The van der Waals surface area contributed by atoms with Crippen molar-refractivity contribution in [3.63, 3.8) is 0 Å². The van der Waals surface area contributed by atoms with E-state index in [1.165, 1.54) is 4.90 Å². The van der Waals surface area contributed by atoms with Crippen LogP contribution in [0, 0.1) is 17.8 Å². The summed E-state index contributed by atoms with van der Waals surface area (Å²) in [4.78, 5) is 42.2. The van der Waals surface area contributed by atoms with Gasteiger partial charge in [0.2, 0.25) is 17.7 Å². The van der Waals surface area contributed by atoms with Crippen LogP contribution in [0.1, 0.15) is 47.0 Å². The minimum absolute atomic E-state index is 0.113. The molecule has 1 aromatic rings. The van der Waals surface area contributed by atoms with Gasteiger partial charge in [-0.05, 0) is 51.2 Å². The predicted octanol–water partition coefficient (Wildman–Crippen LogP) is 1.93. The van der Waals surface area contributed by atoms with E-state index in [0.29, 0.717) is 24.9 Å². The number of aliphatic hydroxyl groups excluding tert-OH is 1. The average Bonchev–Trinajstić information content (AvgIpc) is 3.39. The molecule has 6 atom stereocenters. The van der Waals surface area contributed by atoms with Crippen LogP contribution in [-0.2, 0) is 19.1 Å². The normalized spacial score (nSPS) is 31.2. The van der Waals surface area contributed by atoms with Crippen LogP contribution in [0.4, 0.5) is 5.69 Å². The second kappa shape index (κ2) is 9.06. The van der Waals surface area contributed by atoms with Gasteiger partial charge in [0, 0.05) is 11.7 Å². The minimum atomic E-state index is -1.05. The molecule has 4 rings (SSSR count). The Morgan fingerprint density at radius 1 is 1.18 bits per heavy atom. The molecule has 0 radical (unpaired) electrons. The van der Waals surface area contributed by atoms with E-state index in [1.54, 1.807) is 12.1 Å². The molecule has 0 aromatic heterocycles. The maximum atomic E-state index is 13.9. The number of benzene rings is 1. The van der Waals surface area contributed by atoms with Crippen molar-refractivity contribution in [2.45, 2.75) is 76.8 Å². The Balaban J connectivity index is 1.71. The number of carbonyl (C=O) groups excluding carboxylic acids is 3. The Bertz CT molecular complexity index is 905. The smallest absolute Gasteiger partial charge is 0.246 e. The number of fused-ring (bicyclic) bond motifs is 1. The van der Waals surface area contributed by atoms with Crippen molar-refractivity contribution < 1.29 is 24.2 Å². The summed E-state index contributed by atoms with van der Waals surface area (Å²) in [5.41, 5.74) is -0.396. The highest BCUT2D eigenvalue weighted by atomic mass is 16.5. The number of hydrogen-bond acceptors (Lipinski definition) is 5. The fraction of sp³-hybridized carbons (Fsp3) is 0.640. The van der Waals surface area contributed by atoms with Crippen molar-refractivity contribution in [3.8, 4) is 0 Å². The molecule has 2 unspecified atom stereocenters. The highest BCUT2D eigenvalue weighted by molar-refractivity contribution is 6.02. The lowest BCUT2D eigenvalue weighted by molar-refractivity contribution is -0.145. The largest absolute Gasteiger partial charge is 0.394 e. The second-order valence-corrected chi connectivity index (χ2v) is 10.3. The van der Waals surface area contributed by atoms with Gasteiger partial charge >= 0.3 is 0 Å². The van der Waals surface area contributed by atoms with Gasteiger partial charge in [-0.15, -0.1) is 0 Å². The molecule has 3 aliphatic rings. The van der Waals surface area contributed by atoms with Crippen molar-refractivity contribution in [2.75, 3.05) is 11.9 Å². The summed E-state index contributed by atoms with van der Waals surface area (Å²) in [6, 6.07) is 7.64. The van der Waals surface area contributed by atoms with E-state index in [2.05, 4.69) is 10.6 Å². The fourth-order valence-corrected chi connectivity index (χ4v) is 6.01. The molecule has 33 heavy (non-hydrogen) atoms. The number of ether oxygens (including phenoxy) is 1. The van der Waals surface area contributed by atoms with Gasteiger partial charge in [0.15, 0.2) is 0 Å². The van der Waals surface area contributed by atoms with E-state index in [4.69, 9.17) is 4.74 Å². The van der Waals surface area contributed by atoms with Crippen LogP contribution < -0.4 is 10.6 Å². The first-order valence-electron chi connectivity index (χ1n) is 12.0. The highest BCUT2D eigenvalue weighted by Crippen LogP contribution is 2.59. The summed E-state index contributed by atoms with van der Waals surface area (Å²) in [5, 5.41) is 16.1. The Labute approximate surface area is 195 Å². The van der Waals surface area contributed by atoms with Crippen LogP contribution in [0.3, 0.4) is 0 Å². The van der Waals surface area contributed by atoms with Crippen LogP contribution in [0.5, 0.6) is 0 Å². The molecule has 3 amide bonds. The summed E-state index contributed by atoms with van der Waals surface area (Å²) in [6.45, 7) is 7.53. The van der Waals surface area contributed by atoms with E-state index in [0.717, 1.165) is 0 Å². The maximum Gasteiger partial charge on any atom is 0.246 e. The molecular weight excluding hydrogens is 422 g/mol. The summed E-state index contributed by atoms with van der Waals surface area (Å²) in [5.74, 6) is -2.02. The van der Waals surface area contributed by atoms with Gasteiger partial charge in [-0.2, -0.15) is 0 Å². The third-order valence-corrected chi connectivity index (χ3v) is 7.11. The quantitative estimate of drug-likeness (QED) is 0.553. The number of nitrogens with one attached hydrogen (secondary N) is 2. The molecule has 3 saturated heterocycles. The number of para-hydroxylation sites is 1. The van der Waals surface area contributed by atoms with E-state index in [1.807, 2.05) is 45.9 Å². The standard InChI is InChI=1S/C25H35N3O5/c1-14(2)12-17(13-29)28-21(23(31)26-15(3)4)25-11-10-18(33-25)19(20(25)24(28)32)22(30)27-16-8-6-5-7-9-16/h5-9,14-15,17-21,29H,10-13H2,1-4H3,(H,26,31)(H,27,30)/t17-,18-,19+,20+,21?,25?/m1/s1. The first-order valence-corrected chi connectivity index (χ1v) is 12.0. The zero-order valence-electron chi connectivity index (χ0n) is 19.8. The van der Waals surface area contributed by atoms with Crippen molar-refractivity contribution >= 4 is 23.4 Å². The highest BCUT2D eigenvalue weighted by Gasteiger charge is 2.75. The van der Waals surface area contributed by atoms with Crippen LogP contribution in [0.15, 0.2) is 30.3 Å². The van der Waals surface area contributed by atoms with Crippen LogP contribution in [0.25, 0.3) is 0 Å². The first kappa shape index (κ1) is 23.7. The number of hydrogen-bond donors (Lipinski definition) is 3. The molecule has 3 heterocycles. The Morgan fingerprint density at radius 2 is 1.88 bits per heavy atom. The van der Waals surface area contributed by atoms with Crippen molar-refractivity contribution in [1.29, 1.82) is 0 Å². The van der Waals surface area contributed by atoms with Crippen LogP contribution in [-0.4, -0.2) is 64.2 Å². The Hall–Kier alpha value is -2.45. The Morgan fingerprint density at radius 3 is 2.48 bits per heavy atom. The van der Waals surface area contributed by atoms with Gasteiger partial charge in [0.1, 0.15) is 11.6 Å². The van der Waals surface area contributed by atoms with Crippen molar-refractivity contribution in [1.82, 2.24) is 10.2 Å². The number of aliphatic hydroxyl groups is 1. The zero-order valence-corrected chi connectivity index (χ0v) is 19.8. The lowest BCUT2D eigenvalue weighted by Gasteiger charge is -2.37. The van der Waals surface area contributed by atoms with Gasteiger partial charge in [-0.3, -0.25) is 14.4 Å². The van der Waals surface area contributed by atoms with E-state index in [-0.39, 0.29) is 36.3 Å². The second-order valence-electron chi connectivity index (χ2n) is 10.3. The molecule has 1 spiro atoms. The average molecular weight is 458 g/mol. The van der Waals surface area contributed by atoms with Gasteiger partial charge in [-0.1, -0.05) is 32.0 Å². The molecule has 180 valence electrons. The topological polar surface area (TPSA) is 108 Å². The molecule has 8 nitrogen and oxygen atoms in total. The number of anilines is 1. The van der Waals surface area contributed by atoms with Gasteiger partial charge in [0.25, 0.3) is 0 Å². The summed E-state index contributed by atoms with van der Waals surface area (Å²) in [6.07, 6.45) is 1.30. The summed E-state index contributed by atoms with van der Waals surface area (Å²) >= 11 is 0. The molecule has 3 fully saturated rings. The maximum absolute atomic E-state index is 13.9. The molecule has 3 aliphatic heterocycles. The monoisotopic (exact) mass is 457 g/mol. The fourth-order valence-electron chi connectivity index (χ4n) is 6.01. The third-order valence-electron chi connectivity index (χ3n) is 7.11. The molecule has 8 heteroatoms. The van der Waals surface area contributed by atoms with Gasteiger partial charge in [0.05, 0.1) is 30.6 Å². The number of amides is 3. The van der Waals surface area contributed by atoms with E-state index >= 15 is 0 Å². The zero-order chi connectivity index (χ0) is 23.9. The number of nitrogens with zero attached hydrogens (tertiary/aromatic N) is 1. The lowest BCUT2D eigenvalue weighted by atomic mass is 9.70. The molecule has 3 N–H and O–H groups in total. The molecule has 0 aliphatic carbocycles. The molecule has 0 saturated carbocycles. The van der Waals surface area contributed by atoms with Gasteiger partial charge in [-0.25, -0.2) is 0 Å². The van der Waals surface area contributed by atoms with E-state index in [9.17, 15) is 19.5 Å². The lowest BCUT2D eigenvalue weighted by Crippen LogP contribution is -2.59. The number of rotatable bonds is 8. The number of carbonyl (C=O) groups is 3. The molecular formula is C25H35N3O5. The minimum Gasteiger partial charge on any atom is -0.394 e. The van der Waals surface area contributed by atoms with Crippen LogP contribution in [0.2, 0.25) is 0 Å². The summed E-state index contributed by atoms with van der Waals surface area (Å²) < 4.78 is 6.41. The van der Waals surface area contributed by atoms with Crippen molar-refractivity contribution in [2.24, 2.45) is 17.8 Å². The third kappa shape index (κ3) is 4.04. The summed E-state index contributed by atoms with van der Waals surface area (Å²) in [7, 11) is 0. The molecule has 1 aromatic carbocycles. The van der Waals surface area contributed by atoms with Crippen molar-refractivity contribution in [3.05, 3.63) is 30.3 Å². The Kier molecular flexibility index (Phi) is 6.51. The predicted molar refractivity (Wildman–Crippen MR) is 123 cm³/mol. The van der Waals surface area contributed by atoms with Gasteiger partial charge < -0.3 is 25.4 Å².